The lowest BCUT2D eigenvalue weighted by Gasteiger charge is -2.34. The van der Waals surface area contributed by atoms with Crippen molar-refractivity contribution in [2.24, 2.45) is 5.92 Å². The van der Waals surface area contributed by atoms with Crippen LogP contribution in [-0.4, -0.2) is 51.4 Å². The van der Waals surface area contributed by atoms with Gasteiger partial charge in [0, 0.05) is 24.5 Å². The van der Waals surface area contributed by atoms with E-state index in [1.54, 1.807) is 66.7 Å². The monoisotopic (exact) mass is 647 g/mol. The normalized spacial score (nSPS) is 11.9. The number of halogens is 1. The van der Waals surface area contributed by atoms with Gasteiger partial charge in [-0.3, -0.25) is 13.9 Å². The van der Waals surface area contributed by atoms with E-state index in [4.69, 9.17) is 16.3 Å². The molecule has 1 atom stereocenters. The number of ether oxygens (including phenoxy) is 1. The first-order chi connectivity index (χ1) is 21.6. The van der Waals surface area contributed by atoms with E-state index in [2.05, 4.69) is 5.32 Å². The van der Waals surface area contributed by atoms with Gasteiger partial charge in [0.25, 0.3) is 10.0 Å². The zero-order chi connectivity index (χ0) is 32.4. The van der Waals surface area contributed by atoms with Gasteiger partial charge in [-0.05, 0) is 65.6 Å². The third kappa shape index (κ3) is 9.09. The van der Waals surface area contributed by atoms with E-state index < -0.39 is 28.5 Å². The second-order valence-corrected chi connectivity index (χ2v) is 13.3. The number of benzene rings is 4. The average Bonchev–Trinajstić information content (AvgIpc) is 3.05. The molecule has 0 bridgehead atoms. The second-order valence-electron chi connectivity index (χ2n) is 11.0. The number of methoxy groups -OCH3 is 1. The van der Waals surface area contributed by atoms with Gasteiger partial charge in [0.05, 0.1) is 17.7 Å². The van der Waals surface area contributed by atoms with E-state index >= 15 is 0 Å². The maximum absolute atomic E-state index is 14.4. The minimum absolute atomic E-state index is 0.000263. The van der Waals surface area contributed by atoms with Crippen LogP contribution in [0, 0.1) is 5.92 Å². The van der Waals surface area contributed by atoms with Gasteiger partial charge in [0.2, 0.25) is 11.8 Å². The molecule has 0 heterocycles. The number of anilines is 1. The molecule has 10 heteroatoms. The molecule has 0 radical (unpaired) electrons. The number of carbonyl (C=O) groups is 2. The maximum atomic E-state index is 14.4. The predicted molar refractivity (Wildman–Crippen MR) is 178 cm³/mol. The molecule has 8 nitrogen and oxygen atoms in total. The van der Waals surface area contributed by atoms with Gasteiger partial charge in [-0.25, -0.2) is 8.42 Å². The molecule has 45 heavy (non-hydrogen) atoms. The fourth-order valence-corrected chi connectivity index (χ4v) is 6.30. The van der Waals surface area contributed by atoms with Crippen molar-refractivity contribution in [3.05, 3.63) is 125 Å². The maximum Gasteiger partial charge on any atom is 0.264 e. The molecule has 0 aliphatic carbocycles. The highest BCUT2D eigenvalue weighted by molar-refractivity contribution is 7.92. The third-order valence-corrected chi connectivity index (χ3v) is 9.23. The Hall–Kier alpha value is -4.34. The van der Waals surface area contributed by atoms with Gasteiger partial charge >= 0.3 is 0 Å². The zero-order valence-corrected chi connectivity index (χ0v) is 27.2. The van der Waals surface area contributed by atoms with Crippen LogP contribution in [0.15, 0.2) is 114 Å². The van der Waals surface area contributed by atoms with Gasteiger partial charge in [0.15, 0.2) is 0 Å². The number of hydrogen-bond acceptors (Lipinski definition) is 5. The molecule has 0 fully saturated rings. The van der Waals surface area contributed by atoms with Crippen molar-refractivity contribution >= 4 is 39.1 Å². The van der Waals surface area contributed by atoms with E-state index in [1.807, 2.05) is 44.2 Å². The van der Waals surface area contributed by atoms with E-state index in [0.717, 1.165) is 15.4 Å². The fraction of sp³-hybridized carbons (Fsp3) is 0.257. The summed E-state index contributed by atoms with van der Waals surface area (Å²) >= 11 is 6.14. The first-order valence-electron chi connectivity index (χ1n) is 14.7. The van der Waals surface area contributed by atoms with E-state index in [9.17, 15) is 18.0 Å². The minimum atomic E-state index is -4.20. The number of hydrogen-bond donors (Lipinski definition) is 1. The third-order valence-electron chi connectivity index (χ3n) is 7.19. The van der Waals surface area contributed by atoms with E-state index in [-0.39, 0.29) is 29.7 Å². The van der Waals surface area contributed by atoms with Crippen LogP contribution in [0.4, 0.5) is 5.69 Å². The van der Waals surface area contributed by atoms with Crippen LogP contribution in [0.1, 0.15) is 25.0 Å². The molecule has 4 aromatic carbocycles. The Morgan fingerprint density at radius 1 is 0.822 bits per heavy atom. The van der Waals surface area contributed by atoms with E-state index in [1.165, 1.54) is 24.1 Å². The van der Waals surface area contributed by atoms with Crippen molar-refractivity contribution in [2.75, 3.05) is 24.5 Å². The van der Waals surface area contributed by atoms with Crippen molar-refractivity contribution < 1.29 is 22.7 Å². The number of para-hydroxylation sites is 1. The van der Waals surface area contributed by atoms with Gasteiger partial charge in [-0.15, -0.1) is 0 Å². The molecule has 236 valence electrons. The molecule has 0 aromatic heterocycles. The fourth-order valence-electron chi connectivity index (χ4n) is 4.76. The lowest BCUT2D eigenvalue weighted by Crippen LogP contribution is -2.53. The highest BCUT2D eigenvalue weighted by Crippen LogP contribution is 2.26. The standard InChI is InChI=1S/C35H38ClN3O5S/c1-26(2)23-37-35(41)33(22-27-10-6-4-7-11-27)38(24-28-14-16-29(36)17-15-28)34(40)25-39(30-12-8-5-9-13-30)45(42,43)32-20-18-31(44-3)19-21-32/h4-21,26,33H,22-25H2,1-3H3,(H,37,41)/t33-/m1/s1. The van der Waals surface area contributed by atoms with Crippen molar-refractivity contribution in [2.45, 2.75) is 37.8 Å². The van der Waals surface area contributed by atoms with Gasteiger partial charge in [0.1, 0.15) is 18.3 Å². The summed E-state index contributed by atoms with van der Waals surface area (Å²) in [6.07, 6.45) is 0.237. The van der Waals surface area contributed by atoms with E-state index in [0.29, 0.717) is 23.0 Å². The Balaban J connectivity index is 1.77. The summed E-state index contributed by atoms with van der Waals surface area (Å²) in [7, 11) is -2.70. The molecule has 0 aliphatic heterocycles. The molecular formula is C35H38ClN3O5S. The van der Waals surface area contributed by atoms with Crippen LogP contribution in [0.2, 0.25) is 5.02 Å². The van der Waals surface area contributed by atoms with Crippen LogP contribution in [0.5, 0.6) is 5.75 Å². The molecule has 2 amide bonds. The molecule has 0 saturated carbocycles. The smallest absolute Gasteiger partial charge is 0.264 e. The topological polar surface area (TPSA) is 96.0 Å². The Kier molecular flexibility index (Phi) is 11.6. The average molecular weight is 648 g/mol. The summed E-state index contributed by atoms with van der Waals surface area (Å²) in [6, 6.07) is 30.0. The van der Waals surface area contributed by atoms with Crippen molar-refractivity contribution in [3.63, 3.8) is 0 Å². The molecule has 0 saturated heterocycles. The van der Waals surface area contributed by atoms with Crippen LogP contribution in [0.3, 0.4) is 0 Å². The Morgan fingerprint density at radius 2 is 1.42 bits per heavy atom. The summed E-state index contributed by atoms with van der Waals surface area (Å²) in [5.41, 5.74) is 1.92. The highest BCUT2D eigenvalue weighted by atomic mass is 35.5. The number of nitrogens with one attached hydrogen (secondary N) is 1. The molecule has 0 spiro atoms. The summed E-state index contributed by atoms with van der Waals surface area (Å²) in [6.45, 7) is 3.94. The largest absolute Gasteiger partial charge is 0.497 e. The number of sulfonamides is 1. The molecule has 4 aromatic rings. The number of rotatable bonds is 14. The highest BCUT2D eigenvalue weighted by Gasteiger charge is 2.34. The van der Waals surface area contributed by atoms with Crippen molar-refractivity contribution in [3.8, 4) is 5.75 Å². The van der Waals surface area contributed by atoms with Crippen LogP contribution >= 0.6 is 11.6 Å². The second kappa shape index (κ2) is 15.6. The van der Waals surface area contributed by atoms with Crippen molar-refractivity contribution in [1.82, 2.24) is 10.2 Å². The van der Waals surface area contributed by atoms with Crippen LogP contribution in [0.25, 0.3) is 0 Å². The van der Waals surface area contributed by atoms with Crippen LogP contribution < -0.4 is 14.4 Å². The van der Waals surface area contributed by atoms with Crippen LogP contribution in [-0.2, 0) is 32.6 Å². The first-order valence-corrected chi connectivity index (χ1v) is 16.5. The summed E-state index contributed by atoms with van der Waals surface area (Å²) in [5, 5.41) is 3.52. The zero-order valence-electron chi connectivity index (χ0n) is 25.6. The number of amides is 2. The molecular weight excluding hydrogens is 610 g/mol. The predicted octanol–water partition coefficient (Wildman–Crippen LogP) is 5.96. The van der Waals surface area contributed by atoms with Gasteiger partial charge < -0.3 is 15.0 Å². The Bertz CT molecular complexity index is 1650. The Labute approximate surface area is 270 Å². The SMILES string of the molecule is COc1ccc(S(=O)(=O)N(CC(=O)N(Cc2ccc(Cl)cc2)[C@H](Cc2ccccc2)C(=O)NCC(C)C)c2ccccc2)cc1. The lowest BCUT2D eigenvalue weighted by molar-refractivity contribution is -0.140. The summed E-state index contributed by atoms with van der Waals surface area (Å²) in [5.74, 6) is -0.165. The number of carbonyl (C=O) groups excluding carboxylic acids is 2. The molecule has 0 unspecified atom stereocenters. The molecule has 0 aliphatic rings. The lowest BCUT2D eigenvalue weighted by atomic mass is 10.0. The first kappa shape index (κ1) is 33.6. The van der Waals surface area contributed by atoms with Gasteiger partial charge in [-0.1, -0.05) is 86.1 Å². The molecule has 1 N–H and O–H groups in total. The molecule has 4 rings (SSSR count). The summed E-state index contributed by atoms with van der Waals surface area (Å²) in [4.78, 5) is 29.7. The Morgan fingerprint density at radius 3 is 2.00 bits per heavy atom. The van der Waals surface area contributed by atoms with Crippen molar-refractivity contribution in [1.29, 1.82) is 0 Å². The summed E-state index contributed by atoms with van der Waals surface area (Å²) < 4.78 is 34.4. The van der Waals surface area contributed by atoms with Gasteiger partial charge in [-0.2, -0.15) is 0 Å². The minimum Gasteiger partial charge on any atom is -0.497 e. The number of nitrogens with zero attached hydrogens (tertiary/aromatic N) is 2. The quantitative estimate of drug-likeness (QED) is 0.182.